The molecule has 0 atom stereocenters. The average molecular weight is 488 g/mol. The van der Waals surface area contributed by atoms with E-state index in [0.717, 1.165) is 12.1 Å². The summed E-state index contributed by atoms with van der Waals surface area (Å²) in [6.45, 7) is -0.784. The van der Waals surface area contributed by atoms with E-state index < -0.39 is 41.9 Å². The average Bonchev–Trinajstić information content (AvgIpc) is 3.36. The highest BCUT2D eigenvalue weighted by Gasteiger charge is 2.30. The molecule has 0 unspecified atom stereocenters. The van der Waals surface area contributed by atoms with Gasteiger partial charge in [0.2, 0.25) is 11.8 Å². The summed E-state index contributed by atoms with van der Waals surface area (Å²) in [5, 5.41) is 9.51. The van der Waals surface area contributed by atoms with Crippen molar-refractivity contribution in [1.29, 1.82) is 0 Å². The number of rotatable bonds is 8. The molecule has 182 valence electrons. The molecule has 0 saturated carbocycles. The SMILES string of the molecule is O=C(CNC(=O)c1ccco1)NCC(=O)Nc1cccc(C(=O)Nc2cccc(C(F)(F)F)c2)c1. The molecule has 3 aromatic rings. The van der Waals surface area contributed by atoms with Crippen molar-refractivity contribution in [2.75, 3.05) is 23.7 Å². The van der Waals surface area contributed by atoms with Gasteiger partial charge < -0.3 is 25.7 Å². The lowest BCUT2D eigenvalue weighted by Gasteiger charge is -2.11. The summed E-state index contributed by atoms with van der Waals surface area (Å²) in [6.07, 6.45) is -3.24. The van der Waals surface area contributed by atoms with Crippen LogP contribution in [0, 0.1) is 0 Å². The molecule has 2 aromatic carbocycles. The molecule has 0 aliphatic rings. The second-order valence-electron chi connectivity index (χ2n) is 7.10. The van der Waals surface area contributed by atoms with Crippen LogP contribution in [0.3, 0.4) is 0 Å². The van der Waals surface area contributed by atoms with E-state index in [9.17, 15) is 32.3 Å². The minimum Gasteiger partial charge on any atom is -0.459 e. The van der Waals surface area contributed by atoms with Crippen LogP contribution in [0.2, 0.25) is 0 Å². The highest BCUT2D eigenvalue weighted by atomic mass is 19.4. The van der Waals surface area contributed by atoms with Crippen molar-refractivity contribution < 1.29 is 36.8 Å². The molecule has 1 heterocycles. The van der Waals surface area contributed by atoms with Gasteiger partial charge in [-0.15, -0.1) is 0 Å². The van der Waals surface area contributed by atoms with Crippen LogP contribution in [0.15, 0.2) is 71.3 Å². The molecule has 4 N–H and O–H groups in total. The predicted octanol–water partition coefficient (Wildman–Crippen LogP) is 3.04. The number of nitrogens with one attached hydrogen (secondary N) is 4. The van der Waals surface area contributed by atoms with Gasteiger partial charge in [0.05, 0.1) is 24.9 Å². The molecule has 0 fully saturated rings. The Morgan fingerprint density at radius 3 is 2.11 bits per heavy atom. The smallest absolute Gasteiger partial charge is 0.416 e. The summed E-state index contributed by atoms with van der Waals surface area (Å²) in [5.41, 5.74) is -0.628. The molecule has 0 aliphatic heterocycles. The summed E-state index contributed by atoms with van der Waals surface area (Å²) < 4.78 is 43.4. The normalized spacial score (nSPS) is 10.8. The van der Waals surface area contributed by atoms with Gasteiger partial charge >= 0.3 is 6.18 Å². The highest BCUT2D eigenvalue weighted by Crippen LogP contribution is 2.30. The van der Waals surface area contributed by atoms with Crippen LogP contribution >= 0.6 is 0 Å². The quantitative estimate of drug-likeness (QED) is 0.387. The lowest BCUT2D eigenvalue weighted by atomic mass is 10.1. The Morgan fingerprint density at radius 2 is 1.43 bits per heavy atom. The van der Waals surface area contributed by atoms with Gasteiger partial charge in [0.1, 0.15) is 0 Å². The Hall–Kier alpha value is -4.61. The molecule has 0 saturated heterocycles. The molecule has 3 rings (SSSR count). The molecule has 1 aromatic heterocycles. The number of alkyl halides is 3. The molecular weight excluding hydrogens is 469 g/mol. The zero-order chi connectivity index (χ0) is 25.4. The van der Waals surface area contributed by atoms with Crippen molar-refractivity contribution in [2.24, 2.45) is 0 Å². The van der Waals surface area contributed by atoms with Crippen molar-refractivity contribution in [2.45, 2.75) is 6.18 Å². The van der Waals surface area contributed by atoms with Crippen LogP contribution in [-0.4, -0.2) is 36.7 Å². The van der Waals surface area contributed by atoms with E-state index in [1.54, 1.807) is 0 Å². The molecule has 0 bridgehead atoms. The second-order valence-corrected chi connectivity index (χ2v) is 7.10. The number of amides is 4. The second kappa shape index (κ2) is 11.0. The summed E-state index contributed by atoms with van der Waals surface area (Å²) in [7, 11) is 0. The first-order valence-electron chi connectivity index (χ1n) is 10.1. The van der Waals surface area contributed by atoms with E-state index in [2.05, 4.69) is 21.3 Å². The Morgan fingerprint density at radius 1 is 0.743 bits per heavy atom. The van der Waals surface area contributed by atoms with Gasteiger partial charge in [0.15, 0.2) is 5.76 Å². The molecule has 0 aliphatic carbocycles. The lowest BCUT2D eigenvalue weighted by molar-refractivity contribution is -0.137. The van der Waals surface area contributed by atoms with E-state index in [-0.39, 0.29) is 29.2 Å². The van der Waals surface area contributed by atoms with Gasteiger partial charge in [-0.25, -0.2) is 0 Å². The van der Waals surface area contributed by atoms with Gasteiger partial charge in [-0.05, 0) is 48.5 Å². The number of furan rings is 1. The summed E-state index contributed by atoms with van der Waals surface area (Å²) >= 11 is 0. The third-order valence-electron chi connectivity index (χ3n) is 4.46. The zero-order valence-electron chi connectivity index (χ0n) is 17.9. The third kappa shape index (κ3) is 7.45. The molecule has 9 nitrogen and oxygen atoms in total. The highest BCUT2D eigenvalue weighted by molar-refractivity contribution is 6.05. The molecular formula is C23H19F3N4O5. The maximum absolute atomic E-state index is 12.9. The van der Waals surface area contributed by atoms with Crippen LogP contribution in [0.4, 0.5) is 24.5 Å². The topological polar surface area (TPSA) is 130 Å². The largest absolute Gasteiger partial charge is 0.459 e. The summed E-state index contributed by atoms with van der Waals surface area (Å²) in [5.74, 6) is -2.45. The van der Waals surface area contributed by atoms with Crippen molar-refractivity contribution in [3.8, 4) is 0 Å². The standard InChI is InChI=1S/C23H19F3N4O5/c24-23(25,26)15-5-2-7-17(11-15)30-21(33)14-4-1-6-16(10-14)29-20(32)13-27-19(31)12-28-22(34)18-8-3-9-35-18/h1-11H,12-13H2,(H,27,31)(H,28,34)(H,29,32)(H,30,33). The number of carbonyl (C=O) groups is 4. The van der Waals surface area contributed by atoms with Gasteiger partial charge in [0, 0.05) is 16.9 Å². The van der Waals surface area contributed by atoms with Crippen molar-refractivity contribution in [1.82, 2.24) is 10.6 Å². The van der Waals surface area contributed by atoms with Gasteiger partial charge in [-0.1, -0.05) is 12.1 Å². The first kappa shape index (κ1) is 25.0. The van der Waals surface area contributed by atoms with E-state index in [4.69, 9.17) is 4.42 Å². The Balaban J connectivity index is 1.49. The number of benzene rings is 2. The fourth-order valence-corrected chi connectivity index (χ4v) is 2.82. The number of carbonyl (C=O) groups excluding carboxylic acids is 4. The number of anilines is 2. The molecule has 4 amide bonds. The lowest BCUT2D eigenvalue weighted by Crippen LogP contribution is -2.40. The minimum absolute atomic E-state index is 0.0347. The maximum Gasteiger partial charge on any atom is 0.416 e. The summed E-state index contributed by atoms with van der Waals surface area (Å²) in [6, 6.07) is 12.8. The fraction of sp³-hybridized carbons (Fsp3) is 0.130. The first-order chi connectivity index (χ1) is 16.6. The molecule has 0 radical (unpaired) electrons. The fourth-order valence-electron chi connectivity index (χ4n) is 2.82. The van der Waals surface area contributed by atoms with E-state index >= 15 is 0 Å². The van der Waals surface area contributed by atoms with Crippen LogP contribution in [0.5, 0.6) is 0 Å². The summed E-state index contributed by atoms with van der Waals surface area (Å²) in [4.78, 5) is 48.1. The molecule has 0 spiro atoms. The van der Waals surface area contributed by atoms with Crippen molar-refractivity contribution in [3.05, 3.63) is 83.8 Å². The predicted molar refractivity (Wildman–Crippen MR) is 119 cm³/mol. The van der Waals surface area contributed by atoms with Gasteiger partial charge in [-0.3, -0.25) is 19.2 Å². The van der Waals surface area contributed by atoms with Crippen LogP contribution in [0.25, 0.3) is 0 Å². The number of halogens is 3. The van der Waals surface area contributed by atoms with Crippen LogP contribution in [0.1, 0.15) is 26.5 Å². The third-order valence-corrected chi connectivity index (χ3v) is 4.46. The monoisotopic (exact) mass is 488 g/mol. The van der Waals surface area contributed by atoms with Crippen LogP contribution in [-0.2, 0) is 15.8 Å². The van der Waals surface area contributed by atoms with Crippen molar-refractivity contribution in [3.63, 3.8) is 0 Å². The van der Waals surface area contributed by atoms with Crippen molar-refractivity contribution >= 4 is 35.0 Å². The number of hydrogen-bond acceptors (Lipinski definition) is 5. The Bertz CT molecular complexity index is 1230. The van der Waals surface area contributed by atoms with E-state index in [0.29, 0.717) is 0 Å². The zero-order valence-corrected chi connectivity index (χ0v) is 17.9. The Labute approximate surface area is 196 Å². The Kier molecular flexibility index (Phi) is 7.87. The first-order valence-corrected chi connectivity index (χ1v) is 10.1. The van der Waals surface area contributed by atoms with Gasteiger partial charge in [-0.2, -0.15) is 13.2 Å². The molecule has 35 heavy (non-hydrogen) atoms. The number of hydrogen-bond donors (Lipinski definition) is 4. The van der Waals surface area contributed by atoms with E-state index in [1.165, 1.54) is 54.8 Å². The maximum atomic E-state index is 12.9. The van der Waals surface area contributed by atoms with Gasteiger partial charge in [0.25, 0.3) is 11.8 Å². The molecule has 12 heteroatoms. The van der Waals surface area contributed by atoms with E-state index in [1.807, 2.05) is 0 Å². The minimum atomic E-state index is -4.55. The van der Waals surface area contributed by atoms with Crippen LogP contribution < -0.4 is 21.3 Å².